The predicted octanol–water partition coefficient (Wildman–Crippen LogP) is 16.9. The maximum absolute atomic E-state index is 15.7. The Hall–Kier alpha value is -6.01. The van der Waals surface area contributed by atoms with Gasteiger partial charge in [-0.3, -0.25) is 0 Å². The molecule has 6 aromatic rings. The Bertz CT molecular complexity index is 3050. The number of halogens is 6. The molecule has 0 spiro atoms. The van der Waals surface area contributed by atoms with Crippen LogP contribution in [-0.4, -0.2) is 0 Å². The fourth-order valence-electron chi connectivity index (χ4n) is 11.1. The molecule has 0 fully saturated rings. The van der Waals surface area contributed by atoms with Gasteiger partial charge in [0, 0.05) is 18.4 Å². The molecule has 0 unspecified atom stereocenters. The summed E-state index contributed by atoms with van der Waals surface area (Å²) in [5.41, 5.74) is 21.9. The number of fused-ring (bicyclic) bond motifs is 4. The number of rotatable bonds is 3. The highest BCUT2D eigenvalue weighted by Crippen LogP contribution is 2.58. The number of benzene rings is 6. The van der Waals surface area contributed by atoms with E-state index in [0.29, 0.717) is 18.5 Å². The average molecular weight is 898 g/mol. The first-order chi connectivity index (χ1) is 30.7. The summed E-state index contributed by atoms with van der Waals surface area (Å²) in [4.78, 5) is 4.10. The molecule has 9 heteroatoms. The van der Waals surface area contributed by atoms with Crippen molar-refractivity contribution in [3.05, 3.63) is 158 Å². The zero-order valence-electron chi connectivity index (χ0n) is 40.9. The number of hydrogen-bond donors (Lipinski definition) is 0. The van der Waals surface area contributed by atoms with E-state index in [1.807, 2.05) is 46.4 Å². The Kier molecular flexibility index (Phi) is 11.0. The Morgan fingerprint density at radius 1 is 0.394 bits per heavy atom. The Morgan fingerprint density at radius 2 is 0.727 bits per heavy atom. The van der Waals surface area contributed by atoms with Gasteiger partial charge in [0.25, 0.3) is 0 Å². The minimum atomic E-state index is -5.19. The quantitative estimate of drug-likeness (QED) is 0.166. The lowest BCUT2D eigenvalue weighted by atomic mass is 9.79. The first kappa shape index (κ1) is 46.5. The zero-order valence-corrected chi connectivity index (χ0v) is 40.9. The summed E-state index contributed by atoms with van der Waals surface area (Å²) in [5.74, 6) is 0. The predicted molar refractivity (Wildman–Crippen MR) is 257 cm³/mol. The van der Waals surface area contributed by atoms with Gasteiger partial charge in [0.2, 0.25) is 0 Å². The second kappa shape index (κ2) is 15.5. The molecule has 0 aromatic heterocycles. The van der Waals surface area contributed by atoms with Crippen molar-refractivity contribution in [1.29, 1.82) is 5.26 Å². The van der Waals surface area contributed by atoms with Crippen molar-refractivity contribution >= 4 is 34.1 Å². The summed E-state index contributed by atoms with van der Waals surface area (Å²) in [5, 5.41) is 11.5. The first-order valence-corrected chi connectivity index (χ1v) is 22.5. The van der Waals surface area contributed by atoms with Crippen LogP contribution in [0.4, 0.5) is 60.5 Å². The molecule has 2 aliphatic rings. The lowest BCUT2D eigenvalue weighted by Gasteiger charge is -2.42. The van der Waals surface area contributed by atoms with Crippen LogP contribution in [0, 0.1) is 122 Å². The molecule has 342 valence electrons. The van der Waals surface area contributed by atoms with Crippen molar-refractivity contribution in [2.75, 3.05) is 9.80 Å². The fraction of sp³-hybridized carbons (Fsp3) is 0.351. The summed E-state index contributed by atoms with van der Waals surface area (Å²) in [7, 11) is 0. The molecule has 2 aliphatic heterocycles. The topological polar surface area (TPSA) is 30.3 Å². The molecule has 3 nitrogen and oxygen atoms in total. The van der Waals surface area contributed by atoms with E-state index >= 15 is 13.2 Å². The molecule has 0 amide bonds. The van der Waals surface area contributed by atoms with Crippen LogP contribution >= 0.6 is 0 Å². The molecule has 6 aromatic carbocycles. The van der Waals surface area contributed by atoms with Crippen molar-refractivity contribution < 1.29 is 26.3 Å². The molecule has 0 atom stereocenters. The number of alkyl halides is 6. The van der Waals surface area contributed by atoms with Crippen molar-refractivity contribution in [1.82, 2.24) is 0 Å². The number of hydrogen-bond acceptors (Lipinski definition) is 3. The molecule has 8 rings (SSSR count). The highest BCUT2D eigenvalue weighted by atomic mass is 19.4. The highest BCUT2D eigenvalue weighted by Gasteiger charge is 2.42. The van der Waals surface area contributed by atoms with E-state index in [4.69, 9.17) is 0 Å². The smallest absolute Gasteiger partial charge is 0.309 e. The third kappa shape index (κ3) is 6.60. The van der Waals surface area contributed by atoms with E-state index < -0.39 is 29.0 Å². The molecule has 0 radical (unpaired) electrons. The molecule has 0 N–H and O–H groups in total. The Labute approximate surface area is 385 Å². The molecule has 66 heavy (non-hydrogen) atoms. The second-order valence-corrected chi connectivity index (χ2v) is 19.1. The maximum Gasteiger partial charge on any atom is 0.417 e. The van der Waals surface area contributed by atoms with Gasteiger partial charge in [-0.25, -0.2) is 0 Å². The summed E-state index contributed by atoms with van der Waals surface area (Å²) in [6, 6.07) is 7.78. The van der Waals surface area contributed by atoms with E-state index in [0.717, 1.165) is 146 Å². The van der Waals surface area contributed by atoms with Crippen LogP contribution in [0.2, 0.25) is 0 Å². The van der Waals surface area contributed by atoms with Gasteiger partial charge in [-0.1, -0.05) is 6.07 Å². The van der Waals surface area contributed by atoms with Crippen molar-refractivity contribution in [3.8, 4) is 17.2 Å². The molecule has 0 saturated carbocycles. The molecule has 2 heterocycles. The fourth-order valence-corrected chi connectivity index (χ4v) is 11.1. The van der Waals surface area contributed by atoms with Gasteiger partial charge in [0.05, 0.1) is 50.8 Å². The van der Waals surface area contributed by atoms with Gasteiger partial charge in [-0.15, -0.1) is 0 Å². The van der Waals surface area contributed by atoms with Crippen LogP contribution in [0.1, 0.15) is 128 Å². The van der Waals surface area contributed by atoms with Gasteiger partial charge in [0.1, 0.15) is 6.07 Å². The minimum Gasteiger partial charge on any atom is -0.309 e. The second-order valence-electron chi connectivity index (χ2n) is 19.1. The number of anilines is 6. The Morgan fingerprint density at radius 3 is 1.05 bits per heavy atom. The van der Waals surface area contributed by atoms with E-state index in [1.165, 1.54) is 0 Å². The lowest BCUT2D eigenvalue weighted by Crippen LogP contribution is -2.27. The van der Waals surface area contributed by atoms with E-state index in [2.05, 4.69) is 80.2 Å². The van der Waals surface area contributed by atoms with Gasteiger partial charge in [-0.05, 0) is 252 Å². The molecule has 0 saturated heterocycles. The minimum absolute atomic E-state index is 0.0551. The van der Waals surface area contributed by atoms with E-state index in [-0.39, 0.29) is 22.9 Å². The maximum atomic E-state index is 15.7. The van der Waals surface area contributed by atoms with Crippen molar-refractivity contribution in [2.45, 2.75) is 136 Å². The van der Waals surface area contributed by atoms with Crippen molar-refractivity contribution in [2.24, 2.45) is 0 Å². The largest absolute Gasteiger partial charge is 0.417 e. The van der Waals surface area contributed by atoms with Gasteiger partial charge < -0.3 is 9.80 Å². The van der Waals surface area contributed by atoms with Crippen LogP contribution in [0.25, 0.3) is 11.1 Å². The third-order valence-electron chi connectivity index (χ3n) is 16.4. The zero-order chi connectivity index (χ0) is 48.7. The lowest BCUT2D eigenvalue weighted by molar-refractivity contribution is -0.142. The van der Waals surface area contributed by atoms with Crippen LogP contribution in [0.5, 0.6) is 0 Å². The highest BCUT2D eigenvalue weighted by molar-refractivity contribution is 6.00. The standard InChI is InChI=1S/C57H57F6N3/c1-25-29(5)37(13)52-44(33(25)9)21-45-34(10)26(2)30(6)38(14)53(45)65(52)50-23-48(43-18-17-42(56(58,59)60)20-49(43)57(61,62)63)51(19-41(50)24-64)66-54-39(15)31(7)27(3)35(11)46(54)22-47-36(12)28(4)32(8)40(16)55(47)66/h17-20,23H,21-22H2,1-16H3. The molecule has 0 bridgehead atoms. The summed E-state index contributed by atoms with van der Waals surface area (Å²) in [6.45, 7) is 33.0. The number of nitriles is 1. The molecular formula is C57H57F6N3. The summed E-state index contributed by atoms with van der Waals surface area (Å²) < 4.78 is 90.4. The third-order valence-corrected chi connectivity index (χ3v) is 16.4. The van der Waals surface area contributed by atoms with Crippen LogP contribution in [-0.2, 0) is 25.2 Å². The van der Waals surface area contributed by atoms with Crippen LogP contribution < -0.4 is 9.80 Å². The summed E-state index contributed by atoms with van der Waals surface area (Å²) in [6.07, 6.45) is -9.03. The van der Waals surface area contributed by atoms with Gasteiger partial charge in [-0.2, -0.15) is 31.6 Å². The van der Waals surface area contributed by atoms with E-state index in [1.54, 1.807) is 12.1 Å². The van der Waals surface area contributed by atoms with Crippen LogP contribution in [0.15, 0.2) is 30.3 Å². The monoisotopic (exact) mass is 897 g/mol. The first-order valence-electron chi connectivity index (χ1n) is 22.5. The van der Waals surface area contributed by atoms with Crippen LogP contribution in [0.3, 0.4) is 0 Å². The molecular weight excluding hydrogens is 841 g/mol. The Balaban J connectivity index is 1.63. The number of nitrogens with zero attached hydrogens (tertiary/aromatic N) is 3. The van der Waals surface area contributed by atoms with E-state index in [9.17, 15) is 18.4 Å². The SMILES string of the molecule is Cc1c(C)c(C)c2c(c1C)Cc1c(C)c(C)c(C)c(C)c1N2c1cc(-c2ccc(C(F)(F)F)cc2C(F)(F)F)c(N2c3c(C)c(C)c(C)c(C)c3Cc3c(C)c(C)c(C)c(C)c32)cc1C#N. The van der Waals surface area contributed by atoms with Crippen molar-refractivity contribution in [3.63, 3.8) is 0 Å². The molecule has 0 aliphatic carbocycles. The normalized spacial score (nSPS) is 13.4. The van der Waals surface area contributed by atoms with Gasteiger partial charge >= 0.3 is 12.4 Å². The average Bonchev–Trinajstić information content (AvgIpc) is 3.28. The van der Waals surface area contributed by atoms with Gasteiger partial charge in [0.15, 0.2) is 0 Å². The summed E-state index contributed by atoms with van der Waals surface area (Å²) >= 11 is 0.